The van der Waals surface area contributed by atoms with Gasteiger partial charge in [0.15, 0.2) is 9.84 Å². The van der Waals surface area contributed by atoms with E-state index in [2.05, 4.69) is 5.32 Å². The highest BCUT2D eigenvalue weighted by atomic mass is 35.5. The minimum absolute atomic E-state index is 0.277. The van der Waals surface area contributed by atoms with Gasteiger partial charge in [0, 0.05) is 36.5 Å². The Hall–Kier alpha value is -0.620. The van der Waals surface area contributed by atoms with Crippen LogP contribution in [-0.4, -0.2) is 34.4 Å². The second-order valence-corrected chi connectivity index (χ2v) is 6.25. The van der Waals surface area contributed by atoms with Crippen molar-refractivity contribution in [3.8, 4) is 0 Å². The number of rotatable bonds is 7. The van der Waals surface area contributed by atoms with Gasteiger partial charge in [0.2, 0.25) is 0 Å². The zero-order valence-electron chi connectivity index (χ0n) is 10.6. The third kappa shape index (κ3) is 4.57. The van der Waals surface area contributed by atoms with E-state index in [1.807, 2.05) is 6.92 Å². The highest BCUT2D eigenvalue weighted by molar-refractivity contribution is 7.90. The molecule has 0 bridgehead atoms. The minimum atomic E-state index is -3.26. The molecular formula is C12H18ClNO3S. The van der Waals surface area contributed by atoms with E-state index in [1.165, 1.54) is 6.26 Å². The van der Waals surface area contributed by atoms with Crippen molar-refractivity contribution >= 4 is 21.4 Å². The lowest BCUT2D eigenvalue weighted by atomic mass is 10.2. The molecule has 0 saturated heterocycles. The van der Waals surface area contributed by atoms with Crippen molar-refractivity contribution in [1.82, 2.24) is 5.32 Å². The molecule has 1 aromatic rings. The molecule has 6 heteroatoms. The molecule has 1 aromatic carbocycles. The van der Waals surface area contributed by atoms with Gasteiger partial charge in [-0.2, -0.15) is 0 Å². The van der Waals surface area contributed by atoms with Crippen molar-refractivity contribution < 1.29 is 13.2 Å². The Morgan fingerprint density at radius 3 is 2.72 bits per heavy atom. The molecule has 0 radical (unpaired) electrons. The molecule has 0 amide bonds. The van der Waals surface area contributed by atoms with Crippen molar-refractivity contribution in [2.45, 2.75) is 18.4 Å². The first-order valence-corrected chi connectivity index (χ1v) is 7.99. The predicted molar refractivity (Wildman–Crippen MR) is 72.8 cm³/mol. The van der Waals surface area contributed by atoms with E-state index >= 15 is 0 Å². The van der Waals surface area contributed by atoms with Crippen molar-refractivity contribution in [2.75, 3.05) is 26.0 Å². The summed E-state index contributed by atoms with van der Waals surface area (Å²) in [6, 6.07) is 4.90. The van der Waals surface area contributed by atoms with Crippen LogP contribution in [0.2, 0.25) is 5.02 Å². The van der Waals surface area contributed by atoms with Gasteiger partial charge < -0.3 is 10.1 Å². The topological polar surface area (TPSA) is 55.4 Å². The number of sulfone groups is 1. The number of benzene rings is 1. The van der Waals surface area contributed by atoms with E-state index in [4.69, 9.17) is 16.3 Å². The fourth-order valence-electron chi connectivity index (χ4n) is 1.56. The lowest BCUT2D eigenvalue weighted by molar-refractivity contribution is 0.149. The lowest BCUT2D eigenvalue weighted by Gasteiger charge is -2.11. The standard InChI is InChI=1S/C12H18ClNO3S/c1-3-17-8-7-14-9-10-11(13)5-4-6-12(10)18(2,15)16/h4-6,14H,3,7-9H2,1-2H3. The monoisotopic (exact) mass is 291 g/mol. The average molecular weight is 292 g/mol. The van der Waals surface area contributed by atoms with Crippen LogP contribution in [0.3, 0.4) is 0 Å². The summed E-state index contributed by atoms with van der Waals surface area (Å²) in [6.45, 7) is 4.25. The molecule has 102 valence electrons. The second-order valence-electron chi connectivity index (χ2n) is 3.86. The molecule has 0 spiro atoms. The van der Waals surface area contributed by atoms with Crippen LogP contribution in [0, 0.1) is 0 Å². The summed E-state index contributed by atoms with van der Waals surface area (Å²) in [7, 11) is -3.26. The largest absolute Gasteiger partial charge is 0.380 e. The summed E-state index contributed by atoms with van der Waals surface area (Å²) in [6.07, 6.45) is 1.18. The Bertz CT molecular complexity index is 488. The highest BCUT2D eigenvalue weighted by Crippen LogP contribution is 2.23. The Morgan fingerprint density at radius 1 is 1.39 bits per heavy atom. The van der Waals surface area contributed by atoms with Gasteiger partial charge >= 0.3 is 0 Å². The molecule has 0 aliphatic heterocycles. The molecule has 4 nitrogen and oxygen atoms in total. The first-order valence-electron chi connectivity index (χ1n) is 5.72. The molecule has 0 aliphatic carbocycles. The van der Waals surface area contributed by atoms with Gasteiger partial charge in [0.25, 0.3) is 0 Å². The predicted octanol–water partition coefficient (Wildman–Crippen LogP) is 1.87. The molecule has 0 fully saturated rings. The molecule has 18 heavy (non-hydrogen) atoms. The SMILES string of the molecule is CCOCCNCc1c(Cl)cccc1S(C)(=O)=O. The minimum Gasteiger partial charge on any atom is -0.380 e. The molecule has 0 saturated carbocycles. The first-order chi connectivity index (χ1) is 8.46. The smallest absolute Gasteiger partial charge is 0.175 e. The normalized spacial score (nSPS) is 11.7. The Morgan fingerprint density at radius 2 is 2.11 bits per heavy atom. The van der Waals surface area contributed by atoms with E-state index in [0.29, 0.717) is 36.9 Å². The van der Waals surface area contributed by atoms with Gasteiger partial charge in [-0.05, 0) is 19.1 Å². The van der Waals surface area contributed by atoms with Gasteiger partial charge in [0.1, 0.15) is 0 Å². The quantitative estimate of drug-likeness (QED) is 0.779. The summed E-state index contributed by atoms with van der Waals surface area (Å²) in [5, 5.41) is 3.58. The van der Waals surface area contributed by atoms with Crippen molar-refractivity contribution in [1.29, 1.82) is 0 Å². The van der Waals surface area contributed by atoms with Crippen LogP contribution < -0.4 is 5.32 Å². The maximum Gasteiger partial charge on any atom is 0.175 e. The van der Waals surface area contributed by atoms with Gasteiger partial charge in [0.05, 0.1) is 11.5 Å². The van der Waals surface area contributed by atoms with Crippen LogP contribution in [-0.2, 0) is 21.1 Å². The van der Waals surface area contributed by atoms with E-state index in [-0.39, 0.29) is 4.90 Å². The Kier molecular flexibility index (Phi) is 6.08. The van der Waals surface area contributed by atoms with Crippen molar-refractivity contribution in [3.05, 3.63) is 28.8 Å². The lowest BCUT2D eigenvalue weighted by Crippen LogP contribution is -2.20. The summed E-state index contributed by atoms with van der Waals surface area (Å²) >= 11 is 6.04. The number of ether oxygens (including phenoxy) is 1. The molecule has 1 rings (SSSR count). The maximum absolute atomic E-state index is 11.6. The summed E-state index contributed by atoms with van der Waals surface area (Å²) in [5.41, 5.74) is 0.609. The van der Waals surface area contributed by atoms with Crippen molar-refractivity contribution in [3.63, 3.8) is 0 Å². The number of hydrogen-bond acceptors (Lipinski definition) is 4. The third-order valence-corrected chi connectivity index (χ3v) is 3.94. The van der Waals surface area contributed by atoms with Crippen molar-refractivity contribution in [2.24, 2.45) is 0 Å². The Balaban J connectivity index is 2.75. The van der Waals surface area contributed by atoms with Gasteiger partial charge in [-0.3, -0.25) is 0 Å². The van der Waals surface area contributed by atoms with Gasteiger partial charge in [-0.1, -0.05) is 17.7 Å². The first kappa shape index (κ1) is 15.4. The summed E-state index contributed by atoms with van der Waals surface area (Å²) in [4.78, 5) is 0.277. The zero-order valence-corrected chi connectivity index (χ0v) is 12.1. The van der Waals surface area contributed by atoms with Crippen LogP contribution in [0.1, 0.15) is 12.5 Å². The van der Waals surface area contributed by atoms with E-state index in [9.17, 15) is 8.42 Å². The van der Waals surface area contributed by atoms with E-state index in [1.54, 1.807) is 18.2 Å². The summed E-state index contributed by atoms with van der Waals surface area (Å²) < 4.78 is 28.4. The van der Waals surface area contributed by atoms with E-state index in [0.717, 1.165) is 0 Å². The van der Waals surface area contributed by atoms with E-state index < -0.39 is 9.84 Å². The number of hydrogen-bond donors (Lipinski definition) is 1. The summed E-state index contributed by atoms with van der Waals surface area (Å²) in [5.74, 6) is 0. The zero-order chi connectivity index (χ0) is 13.6. The fourth-order valence-corrected chi connectivity index (χ4v) is 2.81. The van der Waals surface area contributed by atoms with Crippen LogP contribution in [0.5, 0.6) is 0 Å². The number of nitrogens with one attached hydrogen (secondary N) is 1. The molecule has 0 unspecified atom stereocenters. The fraction of sp³-hybridized carbons (Fsp3) is 0.500. The van der Waals surface area contributed by atoms with Crippen LogP contribution in [0.25, 0.3) is 0 Å². The van der Waals surface area contributed by atoms with Crippen LogP contribution in [0.15, 0.2) is 23.1 Å². The Labute approximate surface area is 113 Å². The van der Waals surface area contributed by atoms with Crippen LogP contribution in [0.4, 0.5) is 0 Å². The second kappa shape index (κ2) is 7.09. The molecule has 1 N–H and O–H groups in total. The highest BCUT2D eigenvalue weighted by Gasteiger charge is 2.15. The molecule has 0 aliphatic rings. The maximum atomic E-state index is 11.6. The molecule has 0 atom stereocenters. The van der Waals surface area contributed by atoms with Gasteiger partial charge in [-0.15, -0.1) is 0 Å². The van der Waals surface area contributed by atoms with Gasteiger partial charge in [-0.25, -0.2) is 8.42 Å². The molecule has 0 heterocycles. The van der Waals surface area contributed by atoms with Crippen LogP contribution >= 0.6 is 11.6 Å². The average Bonchev–Trinajstić information content (AvgIpc) is 2.29. The number of halogens is 1. The third-order valence-electron chi connectivity index (χ3n) is 2.40. The molecular weight excluding hydrogens is 274 g/mol. The molecule has 0 aromatic heterocycles.